The molecular formula is C19H26N6OS. The predicted octanol–water partition coefficient (Wildman–Crippen LogP) is 1.72. The molecule has 0 aromatic carbocycles. The van der Waals surface area contributed by atoms with E-state index in [0.717, 1.165) is 56.8 Å². The van der Waals surface area contributed by atoms with E-state index in [2.05, 4.69) is 30.9 Å². The summed E-state index contributed by atoms with van der Waals surface area (Å²) in [6.07, 6.45) is 8.55. The van der Waals surface area contributed by atoms with Crippen molar-refractivity contribution in [3.63, 3.8) is 0 Å². The maximum atomic E-state index is 12.8. The van der Waals surface area contributed by atoms with Crippen LogP contribution in [0, 0.1) is 0 Å². The van der Waals surface area contributed by atoms with Crippen molar-refractivity contribution in [2.45, 2.75) is 24.8 Å². The lowest BCUT2D eigenvalue weighted by atomic mass is 10.1. The van der Waals surface area contributed by atoms with Crippen molar-refractivity contribution < 1.29 is 4.79 Å². The SMILES string of the molecule is CSN1CCN(c2ccnc(C(=O)NC3(Cc4ccn(C)n4)CC3)c2)CC1. The van der Waals surface area contributed by atoms with Gasteiger partial charge in [-0.1, -0.05) is 11.9 Å². The number of nitrogens with zero attached hydrogens (tertiary/aromatic N) is 5. The van der Waals surface area contributed by atoms with Crippen LogP contribution in [0.4, 0.5) is 5.69 Å². The number of pyridine rings is 1. The van der Waals surface area contributed by atoms with E-state index in [0.29, 0.717) is 5.69 Å². The van der Waals surface area contributed by atoms with Crippen LogP contribution in [0.2, 0.25) is 0 Å². The van der Waals surface area contributed by atoms with E-state index in [-0.39, 0.29) is 11.4 Å². The Labute approximate surface area is 164 Å². The molecule has 1 saturated heterocycles. The largest absolute Gasteiger partial charge is 0.369 e. The molecule has 4 rings (SSSR count). The van der Waals surface area contributed by atoms with Gasteiger partial charge in [-0.2, -0.15) is 5.10 Å². The molecule has 1 aliphatic carbocycles. The first-order chi connectivity index (χ1) is 13.1. The third-order valence-corrected chi connectivity index (χ3v) is 6.24. The van der Waals surface area contributed by atoms with Gasteiger partial charge in [-0.15, -0.1) is 0 Å². The molecule has 0 bridgehead atoms. The van der Waals surface area contributed by atoms with Crippen LogP contribution < -0.4 is 10.2 Å². The molecule has 27 heavy (non-hydrogen) atoms. The molecule has 0 radical (unpaired) electrons. The highest BCUT2D eigenvalue weighted by molar-refractivity contribution is 7.96. The van der Waals surface area contributed by atoms with Crippen LogP contribution in [0.15, 0.2) is 30.6 Å². The Morgan fingerprint density at radius 3 is 2.67 bits per heavy atom. The van der Waals surface area contributed by atoms with Gasteiger partial charge >= 0.3 is 0 Å². The molecule has 2 aliphatic rings. The lowest BCUT2D eigenvalue weighted by Gasteiger charge is -2.34. The van der Waals surface area contributed by atoms with Crippen LogP contribution in [-0.2, 0) is 13.5 Å². The first kappa shape index (κ1) is 18.3. The quantitative estimate of drug-likeness (QED) is 0.763. The molecule has 8 heteroatoms. The zero-order valence-corrected chi connectivity index (χ0v) is 16.7. The van der Waals surface area contributed by atoms with Gasteiger partial charge in [-0.05, 0) is 37.3 Å². The number of aryl methyl sites for hydroxylation is 1. The highest BCUT2D eigenvalue weighted by Gasteiger charge is 2.44. The highest BCUT2D eigenvalue weighted by Crippen LogP contribution is 2.38. The van der Waals surface area contributed by atoms with Crippen molar-refractivity contribution in [2.75, 3.05) is 37.3 Å². The van der Waals surface area contributed by atoms with Crippen LogP contribution in [0.1, 0.15) is 29.0 Å². The van der Waals surface area contributed by atoms with Gasteiger partial charge in [0, 0.05) is 63.3 Å². The average molecular weight is 387 g/mol. The Kier molecular flexibility index (Phi) is 5.10. The summed E-state index contributed by atoms with van der Waals surface area (Å²) in [6, 6.07) is 5.92. The van der Waals surface area contributed by atoms with Gasteiger partial charge in [0.25, 0.3) is 5.91 Å². The summed E-state index contributed by atoms with van der Waals surface area (Å²) in [5.41, 5.74) is 2.42. The molecule has 2 aromatic rings. The van der Waals surface area contributed by atoms with E-state index >= 15 is 0 Å². The number of hydrogen-bond donors (Lipinski definition) is 1. The number of rotatable bonds is 6. The van der Waals surface area contributed by atoms with Crippen molar-refractivity contribution in [3.05, 3.63) is 42.0 Å². The number of anilines is 1. The maximum absolute atomic E-state index is 12.8. The summed E-state index contributed by atoms with van der Waals surface area (Å²) in [7, 11) is 1.91. The summed E-state index contributed by atoms with van der Waals surface area (Å²) in [5, 5.41) is 7.65. The monoisotopic (exact) mass is 386 g/mol. The molecule has 2 fully saturated rings. The second-order valence-corrected chi connectivity index (χ2v) is 8.27. The summed E-state index contributed by atoms with van der Waals surface area (Å²) in [5.74, 6) is -0.0898. The molecule has 0 unspecified atom stereocenters. The zero-order chi connectivity index (χ0) is 18.9. The van der Waals surface area contributed by atoms with E-state index < -0.39 is 0 Å². The van der Waals surface area contributed by atoms with Crippen LogP contribution in [-0.4, -0.2) is 63.0 Å². The van der Waals surface area contributed by atoms with E-state index in [1.165, 1.54) is 0 Å². The standard InChI is InChI=1S/C19H26N6OS/c1-23-8-4-15(22-23)14-19(5-6-19)21-18(26)17-13-16(3-7-20-17)24-9-11-25(27-2)12-10-24/h3-4,7-8,13H,5-6,9-12,14H2,1-2H3,(H,21,26). The fraction of sp³-hybridized carbons (Fsp3) is 0.526. The Morgan fingerprint density at radius 2 is 2.04 bits per heavy atom. The van der Waals surface area contributed by atoms with Crippen LogP contribution in [0.25, 0.3) is 0 Å². The topological polar surface area (TPSA) is 66.3 Å². The second kappa shape index (κ2) is 7.52. The minimum atomic E-state index is -0.160. The Balaban J connectivity index is 1.40. The molecule has 1 saturated carbocycles. The predicted molar refractivity (Wildman–Crippen MR) is 108 cm³/mol. The number of carbonyl (C=O) groups excluding carboxylic acids is 1. The molecule has 0 spiro atoms. The highest BCUT2D eigenvalue weighted by atomic mass is 32.2. The number of nitrogens with one attached hydrogen (secondary N) is 1. The van der Waals surface area contributed by atoms with Crippen LogP contribution in [0.3, 0.4) is 0 Å². The average Bonchev–Trinajstić information content (AvgIpc) is 3.32. The van der Waals surface area contributed by atoms with Crippen molar-refractivity contribution in [2.24, 2.45) is 7.05 Å². The van der Waals surface area contributed by atoms with Crippen LogP contribution >= 0.6 is 11.9 Å². The molecule has 3 heterocycles. The number of carbonyl (C=O) groups is 1. The van der Waals surface area contributed by atoms with Crippen molar-refractivity contribution in [1.29, 1.82) is 0 Å². The van der Waals surface area contributed by atoms with Gasteiger partial charge < -0.3 is 10.2 Å². The van der Waals surface area contributed by atoms with Gasteiger partial charge in [0.15, 0.2) is 0 Å². The summed E-state index contributed by atoms with van der Waals surface area (Å²) in [4.78, 5) is 19.4. The fourth-order valence-corrected chi connectivity index (χ4v) is 4.10. The Bertz CT molecular complexity index is 810. The summed E-state index contributed by atoms with van der Waals surface area (Å²) >= 11 is 1.79. The minimum Gasteiger partial charge on any atom is -0.369 e. The zero-order valence-electron chi connectivity index (χ0n) is 15.9. The van der Waals surface area contributed by atoms with Crippen molar-refractivity contribution in [1.82, 2.24) is 24.4 Å². The van der Waals surface area contributed by atoms with E-state index in [1.54, 1.807) is 22.8 Å². The number of aromatic nitrogens is 3. The molecule has 2 aromatic heterocycles. The van der Waals surface area contributed by atoms with Gasteiger partial charge in [0.2, 0.25) is 0 Å². The third-order valence-electron chi connectivity index (χ3n) is 5.36. The van der Waals surface area contributed by atoms with E-state index in [4.69, 9.17) is 0 Å². The third kappa shape index (κ3) is 4.27. The minimum absolute atomic E-state index is 0.0898. The lowest BCUT2D eigenvalue weighted by molar-refractivity contribution is 0.0926. The molecule has 144 valence electrons. The molecular weight excluding hydrogens is 360 g/mol. The summed E-state index contributed by atoms with van der Waals surface area (Å²) in [6.45, 7) is 3.99. The van der Waals surface area contributed by atoms with Gasteiger partial charge in [0.05, 0.1) is 5.69 Å². The number of piperazine rings is 1. The number of hydrogen-bond acceptors (Lipinski definition) is 6. The van der Waals surface area contributed by atoms with Crippen molar-refractivity contribution >= 4 is 23.5 Å². The van der Waals surface area contributed by atoms with Gasteiger partial charge in [0.1, 0.15) is 5.69 Å². The van der Waals surface area contributed by atoms with E-state index in [9.17, 15) is 4.79 Å². The molecule has 1 amide bonds. The Hall–Kier alpha value is -2.06. The fourth-order valence-electron chi connectivity index (χ4n) is 3.58. The first-order valence-electron chi connectivity index (χ1n) is 9.38. The van der Waals surface area contributed by atoms with Gasteiger partial charge in [-0.3, -0.25) is 14.5 Å². The maximum Gasteiger partial charge on any atom is 0.270 e. The molecule has 1 N–H and O–H groups in total. The Morgan fingerprint density at radius 1 is 1.26 bits per heavy atom. The van der Waals surface area contributed by atoms with Crippen LogP contribution in [0.5, 0.6) is 0 Å². The second-order valence-electron chi connectivity index (χ2n) is 7.39. The van der Waals surface area contributed by atoms with E-state index in [1.807, 2.05) is 31.4 Å². The molecule has 1 aliphatic heterocycles. The number of amides is 1. The summed E-state index contributed by atoms with van der Waals surface area (Å²) < 4.78 is 4.16. The molecule has 0 atom stereocenters. The molecule has 7 nitrogen and oxygen atoms in total. The smallest absolute Gasteiger partial charge is 0.270 e. The van der Waals surface area contributed by atoms with Gasteiger partial charge in [-0.25, -0.2) is 4.31 Å². The lowest BCUT2D eigenvalue weighted by Crippen LogP contribution is -2.43. The van der Waals surface area contributed by atoms with Crippen molar-refractivity contribution in [3.8, 4) is 0 Å². The normalized spacial score (nSPS) is 19.1. The first-order valence-corrected chi connectivity index (χ1v) is 10.6.